The highest BCUT2D eigenvalue weighted by Gasteiger charge is 2.20. The smallest absolute Gasteiger partial charge is 0.266 e. The highest BCUT2D eigenvalue weighted by molar-refractivity contribution is 7.98. The summed E-state index contributed by atoms with van der Waals surface area (Å²) >= 11 is 7.60. The van der Waals surface area contributed by atoms with E-state index in [4.69, 9.17) is 26.1 Å². The SMILES string of the molecule is COc1ccc(-n2c(SCc3cccc(Cl)c3)nc3cc(C(=O)N4CCOCC4)ccc3c2=O)cc1. The Bertz CT molecular complexity index is 1470. The Balaban J connectivity index is 1.58. The highest BCUT2D eigenvalue weighted by Crippen LogP contribution is 2.27. The lowest BCUT2D eigenvalue weighted by Crippen LogP contribution is -2.40. The number of fused-ring (bicyclic) bond motifs is 1. The lowest BCUT2D eigenvalue weighted by molar-refractivity contribution is 0.0303. The maximum absolute atomic E-state index is 13.7. The van der Waals surface area contributed by atoms with Crippen molar-refractivity contribution in [1.82, 2.24) is 14.5 Å². The third-order valence-electron chi connectivity index (χ3n) is 5.97. The first kappa shape index (κ1) is 24.4. The van der Waals surface area contributed by atoms with Crippen LogP contribution in [-0.2, 0) is 10.5 Å². The summed E-state index contributed by atoms with van der Waals surface area (Å²) in [7, 11) is 1.60. The number of carbonyl (C=O) groups excluding carboxylic acids is 1. The van der Waals surface area contributed by atoms with Gasteiger partial charge >= 0.3 is 0 Å². The number of carbonyl (C=O) groups is 1. The van der Waals surface area contributed by atoms with Crippen molar-refractivity contribution in [3.8, 4) is 11.4 Å². The van der Waals surface area contributed by atoms with Crippen molar-refractivity contribution < 1.29 is 14.3 Å². The summed E-state index contributed by atoms with van der Waals surface area (Å²) < 4.78 is 12.2. The fraction of sp³-hybridized carbons (Fsp3) is 0.222. The number of halogens is 1. The van der Waals surface area contributed by atoms with Crippen molar-refractivity contribution in [2.75, 3.05) is 33.4 Å². The molecule has 0 bridgehead atoms. The third-order valence-corrected chi connectivity index (χ3v) is 7.22. The van der Waals surface area contributed by atoms with Crippen LogP contribution in [0, 0.1) is 0 Å². The van der Waals surface area contributed by atoms with E-state index in [2.05, 4.69) is 0 Å². The third kappa shape index (κ3) is 5.11. The molecule has 1 fully saturated rings. The van der Waals surface area contributed by atoms with Crippen LogP contribution in [0.1, 0.15) is 15.9 Å². The molecule has 36 heavy (non-hydrogen) atoms. The quantitative estimate of drug-likeness (QED) is 0.268. The predicted molar refractivity (Wildman–Crippen MR) is 142 cm³/mol. The van der Waals surface area contributed by atoms with E-state index in [-0.39, 0.29) is 11.5 Å². The Morgan fingerprint density at radius 2 is 1.86 bits per heavy atom. The molecule has 0 radical (unpaired) electrons. The second-order valence-electron chi connectivity index (χ2n) is 8.29. The second kappa shape index (κ2) is 10.7. The number of rotatable bonds is 6. The molecule has 184 valence electrons. The van der Waals surface area contributed by atoms with E-state index in [1.807, 2.05) is 48.5 Å². The number of benzene rings is 3. The van der Waals surface area contributed by atoms with Gasteiger partial charge in [-0.1, -0.05) is 35.5 Å². The molecule has 0 unspecified atom stereocenters. The van der Waals surface area contributed by atoms with Gasteiger partial charge in [0.1, 0.15) is 5.75 Å². The van der Waals surface area contributed by atoms with Gasteiger partial charge in [0.2, 0.25) is 0 Å². The molecule has 2 heterocycles. The number of methoxy groups -OCH3 is 1. The largest absolute Gasteiger partial charge is 0.497 e. The van der Waals surface area contributed by atoms with Gasteiger partial charge in [-0.25, -0.2) is 4.98 Å². The minimum absolute atomic E-state index is 0.0885. The average molecular weight is 522 g/mol. The van der Waals surface area contributed by atoms with Crippen molar-refractivity contribution in [3.63, 3.8) is 0 Å². The van der Waals surface area contributed by atoms with E-state index < -0.39 is 0 Å². The Morgan fingerprint density at radius 1 is 1.08 bits per heavy atom. The summed E-state index contributed by atoms with van der Waals surface area (Å²) in [5.74, 6) is 1.18. The van der Waals surface area contributed by atoms with Crippen LogP contribution in [0.15, 0.2) is 76.7 Å². The minimum Gasteiger partial charge on any atom is -0.497 e. The zero-order valence-corrected chi connectivity index (χ0v) is 21.2. The lowest BCUT2D eigenvalue weighted by atomic mass is 10.1. The average Bonchev–Trinajstić information content (AvgIpc) is 2.92. The molecule has 0 atom stereocenters. The number of amides is 1. The number of hydrogen-bond donors (Lipinski definition) is 0. The molecule has 3 aromatic carbocycles. The standard InChI is InChI=1S/C27H24ClN3O4S/c1-34-22-8-6-21(7-9-22)31-26(33)23-10-5-19(25(32)30-11-13-35-14-12-30)16-24(23)29-27(31)36-17-18-3-2-4-20(28)15-18/h2-10,15-16H,11-14,17H2,1H3. The molecule has 0 aliphatic carbocycles. The molecule has 1 amide bonds. The molecular formula is C27H24ClN3O4S. The van der Waals surface area contributed by atoms with E-state index in [0.717, 1.165) is 5.56 Å². The number of morpholine rings is 1. The fourth-order valence-electron chi connectivity index (χ4n) is 4.08. The Hall–Kier alpha value is -3.33. The van der Waals surface area contributed by atoms with E-state index in [9.17, 15) is 9.59 Å². The van der Waals surface area contributed by atoms with Gasteiger partial charge in [-0.3, -0.25) is 14.2 Å². The Labute approximate surface area is 217 Å². The van der Waals surface area contributed by atoms with Crippen LogP contribution in [0.25, 0.3) is 16.6 Å². The van der Waals surface area contributed by atoms with Crippen LogP contribution in [0.4, 0.5) is 0 Å². The first-order valence-electron chi connectivity index (χ1n) is 11.5. The van der Waals surface area contributed by atoms with Gasteiger partial charge in [0.05, 0.1) is 36.9 Å². The zero-order chi connectivity index (χ0) is 25.1. The van der Waals surface area contributed by atoms with Gasteiger partial charge in [0.15, 0.2) is 5.16 Å². The number of ether oxygens (including phenoxy) is 2. The predicted octanol–water partition coefficient (Wildman–Crippen LogP) is 4.81. The van der Waals surface area contributed by atoms with Gasteiger partial charge in [-0.15, -0.1) is 0 Å². The summed E-state index contributed by atoms with van der Waals surface area (Å²) in [4.78, 5) is 33.3. The van der Waals surface area contributed by atoms with Crippen molar-refractivity contribution in [1.29, 1.82) is 0 Å². The number of nitrogens with zero attached hydrogens (tertiary/aromatic N) is 3. The normalized spacial score (nSPS) is 13.7. The summed E-state index contributed by atoms with van der Waals surface area (Å²) in [5, 5.41) is 1.61. The molecule has 1 aliphatic heterocycles. The van der Waals surface area contributed by atoms with Crippen LogP contribution in [0.2, 0.25) is 5.02 Å². The van der Waals surface area contributed by atoms with Crippen LogP contribution >= 0.6 is 23.4 Å². The zero-order valence-electron chi connectivity index (χ0n) is 19.6. The topological polar surface area (TPSA) is 73.7 Å². The van der Waals surface area contributed by atoms with Crippen molar-refractivity contribution >= 4 is 40.2 Å². The Morgan fingerprint density at radius 3 is 2.58 bits per heavy atom. The number of thioether (sulfide) groups is 1. The summed E-state index contributed by atoms with van der Waals surface area (Å²) in [6.45, 7) is 2.14. The summed E-state index contributed by atoms with van der Waals surface area (Å²) in [6, 6.07) is 19.9. The van der Waals surface area contributed by atoms with Gasteiger partial charge in [0, 0.05) is 29.4 Å². The number of aromatic nitrogens is 2. The molecule has 9 heteroatoms. The minimum atomic E-state index is -0.205. The molecule has 4 aromatic rings. The van der Waals surface area contributed by atoms with Gasteiger partial charge in [0.25, 0.3) is 11.5 Å². The molecular weight excluding hydrogens is 498 g/mol. The summed E-state index contributed by atoms with van der Waals surface area (Å²) in [5.41, 5.74) is 2.47. The molecule has 1 aliphatic rings. The van der Waals surface area contributed by atoms with E-state index in [1.165, 1.54) is 11.8 Å². The molecule has 1 aromatic heterocycles. The maximum Gasteiger partial charge on any atom is 0.266 e. The molecule has 0 saturated carbocycles. The summed E-state index contributed by atoms with van der Waals surface area (Å²) in [6.07, 6.45) is 0. The second-order valence-corrected chi connectivity index (χ2v) is 9.67. The fourth-order valence-corrected chi connectivity index (χ4v) is 5.25. The molecule has 7 nitrogen and oxygen atoms in total. The van der Waals surface area contributed by atoms with Gasteiger partial charge in [-0.05, 0) is 60.2 Å². The highest BCUT2D eigenvalue weighted by atomic mass is 35.5. The van der Waals surface area contributed by atoms with Crippen LogP contribution in [0.3, 0.4) is 0 Å². The molecule has 5 rings (SSSR count). The number of hydrogen-bond acceptors (Lipinski definition) is 6. The van der Waals surface area contributed by atoms with E-state index in [0.29, 0.717) is 70.1 Å². The van der Waals surface area contributed by atoms with Crippen molar-refractivity contribution in [3.05, 3.63) is 93.2 Å². The first-order chi connectivity index (χ1) is 17.5. The lowest BCUT2D eigenvalue weighted by Gasteiger charge is -2.26. The van der Waals surface area contributed by atoms with Crippen LogP contribution in [0.5, 0.6) is 5.75 Å². The van der Waals surface area contributed by atoms with Gasteiger partial charge < -0.3 is 14.4 Å². The van der Waals surface area contributed by atoms with Crippen molar-refractivity contribution in [2.24, 2.45) is 0 Å². The van der Waals surface area contributed by atoms with Crippen LogP contribution in [-0.4, -0.2) is 53.8 Å². The molecule has 1 saturated heterocycles. The monoisotopic (exact) mass is 521 g/mol. The Kier molecular flexibility index (Phi) is 7.27. The first-order valence-corrected chi connectivity index (χ1v) is 12.9. The molecule has 0 spiro atoms. The van der Waals surface area contributed by atoms with Crippen LogP contribution < -0.4 is 10.3 Å². The van der Waals surface area contributed by atoms with E-state index >= 15 is 0 Å². The molecule has 0 N–H and O–H groups in total. The van der Waals surface area contributed by atoms with E-state index in [1.54, 1.807) is 34.8 Å². The maximum atomic E-state index is 13.7. The van der Waals surface area contributed by atoms with Crippen molar-refractivity contribution in [2.45, 2.75) is 10.9 Å². The van der Waals surface area contributed by atoms with Gasteiger partial charge in [-0.2, -0.15) is 0 Å².